The summed E-state index contributed by atoms with van der Waals surface area (Å²) in [4.78, 5) is 9.32. The monoisotopic (exact) mass is 360 g/mol. The number of hydrogen-bond donors (Lipinski definition) is 1. The highest BCUT2D eigenvalue weighted by molar-refractivity contribution is 5.85. The number of para-hydroxylation sites is 1. The first kappa shape index (κ1) is 19.7. The summed E-state index contributed by atoms with van der Waals surface area (Å²) in [6.45, 7) is 4.54. The van der Waals surface area contributed by atoms with Gasteiger partial charge in [-0.25, -0.2) is 4.98 Å². The molecule has 3 rings (SSSR count). The molecule has 1 aliphatic rings. The second kappa shape index (κ2) is 9.76. The van der Waals surface area contributed by atoms with Gasteiger partial charge in [0, 0.05) is 25.5 Å². The number of pyridine rings is 1. The molecule has 0 aliphatic carbocycles. The predicted octanol–water partition coefficient (Wildman–Crippen LogP) is 3.70. The van der Waals surface area contributed by atoms with E-state index in [1.807, 2.05) is 19.3 Å². The molecule has 0 bridgehead atoms. The van der Waals surface area contributed by atoms with Crippen molar-refractivity contribution in [1.82, 2.24) is 15.2 Å². The van der Waals surface area contributed by atoms with Gasteiger partial charge in [0.15, 0.2) is 0 Å². The summed E-state index contributed by atoms with van der Waals surface area (Å²) in [5.41, 5.74) is 2.46. The van der Waals surface area contributed by atoms with Crippen LogP contribution in [0.15, 0.2) is 48.7 Å². The fraction of sp³-hybridized carbons (Fsp3) is 0.450. The second-order valence-corrected chi connectivity index (χ2v) is 6.70. The standard InChI is InChI=1S/C20H28N4.ClH/c1-21-14-17-10-12-24(13-11-17)16-18-8-9-20(22-15-18)23(2)19-6-4-3-5-7-19;/h3-9,15,17,21H,10-14,16H2,1-2H3;1H. The van der Waals surface area contributed by atoms with Crippen LogP contribution < -0.4 is 10.2 Å². The van der Waals surface area contributed by atoms with Crippen LogP contribution in [-0.4, -0.2) is 43.6 Å². The van der Waals surface area contributed by atoms with Gasteiger partial charge in [-0.05, 0) is 69.2 Å². The average Bonchev–Trinajstić information content (AvgIpc) is 2.64. The number of rotatable bonds is 6. The van der Waals surface area contributed by atoms with Crippen molar-refractivity contribution in [2.24, 2.45) is 5.92 Å². The van der Waals surface area contributed by atoms with Gasteiger partial charge in [-0.2, -0.15) is 0 Å². The van der Waals surface area contributed by atoms with Gasteiger partial charge in [0.1, 0.15) is 5.82 Å². The van der Waals surface area contributed by atoms with Crippen LogP contribution in [0.1, 0.15) is 18.4 Å². The molecule has 4 nitrogen and oxygen atoms in total. The van der Waals surface area contributed by atoms with Crippen LogP contribution in [-0.2, 0) is 6.54 Å². The van der Waals surface area contributed by atoms with E-state index in [9.17, 15) is 0 Å². The Hall–Kier alpha value is -1.62. The molecule has 2 aromatic rings. The summed E-state index contributed by atoms with van der Waals surface area (Å²) in [6, 6.07) is 14.7. The lowest BCUT2D eigenvalue weighted by Crippen LogP contribution is -2.36. The molecule has 0 radical (unpaired) electrons. The Kier molecular flexibility index (Phi) is 7.69. The van der Waals surface area contributed by atoms with E-state index in [2.05, 4.69) is 63.5 Å². The van der Waals surface area contributed by atoms with Crippen molar-refractivity contribution >= 4 is 23.9 Å². The van der Waals surface area contributed by atoms with Gasteiger partial charge in [-0.3, -0.25) is 4.90 Å². The summed E-state index contributed by atoms with van der Waals surface area (Å²) in [7, 11) is 4.11. The van der Waals surface area contributed by atoms with Crippen molar-refractivity contribution < 1.29 is 0 Å². The van der Waals surface area contributed by atoms with Gasteiger partial charge in [0.25, 0.3) is 0 Å². The SMILES string of the molecule is CNCC1CCN(Cc2ccc(N(C)c3ccccc3)nc2)CC1.Cl. The highest BCUT2D eigenvalue weighted by Crippen LogP contribution is 2.22. The quantitative estimate of drug-likeness (QED) is 0.851. The normalized spacial score (nSPS) is 15.6. The van der Waals surface area contributed by atoms with Gasteiger partial charge < -0.3 is 10.2 Å². The Morgan fingerprint density at radius 2 is 1.84 bits per heavy atom. The van der Waals surface area contributed by atoms with Crippen LogP contribution in [0.2, 0.25) is 0 Å². The average molecular weight is 361 g/mol. The molecule has 1 N–H and O–H groups in total. The lowest BCUT2D eigenvalue weighted by molar-refractivity contribution is 0.176. The Bertz CT molecular complexity index is 609. The molecule has 2 heterocycles. The Labute approximate surface area is 157 Å². The lowest BCUT2D eigenvalue weighted by atomic mass is 9.96. The first-order valence-electron chi connectivity index (χ1n) is 8.87. The van der Waals surface area contributed by atoms with Gasteiger partial charge in [-0.15, -0.1) is 12.4 Å². The number of hydrogen-bond acceptors (Lipinski definition) is 4. The largest absolute Gasteiger partial charge is 0.329 e. The van der Waals surface area contributed by atoms with E-state index in [-0.39, 0.29) is 12.4 Å². The minimum atomic E-state index is 0. The highest BCUT2D eigenvalue weighted by Gasteiger charge is 2.18. The van der Waals surface area contributed by atoms with Gasteiger partial charge >= 0.3 is 0 Å². The molecule has 0 atom stereocenters. The molecule has 1 fully saturated rings. The van der Waals surface area contributed by atoms with E-state index >= 15 is 0 Å². The van der Waals surface area contributed by atoms with Gasteiger partial charge in [-0.1, -0.05) is 24.3 Å². The van der Waals surface area contributed by atoms with E-state index in [0.29, 0.717) is 0 Å². The Morgan fingerprint density at radius 1 is 1.12 bits per heavy atom. The zero-order chi connectivity index (χ0) is 16.8. The molecule has 0 amide bonds. The number of nitrogens with one attached hydrogen (secondary N) is 1. The van der Waals surface area contributed by atoms with Crippen LogP contribution in [0.25, 0.3) is 0 Å². The highest BCUT2D eigenvalue weighted by atomic mass is 35.5. The molecule has 1 saturated heterocycles. The van der Waals surface area contributed by atoms with Crippen LogP contribution in [0.5, 0.6) is 0 Å². The van der Waals surface area contributed by atoms with Crippen LogP contribution in [0, 0.1) is 5.92 Å². The number of aromatic nitrogens is 1. The zero-order valence-electron chi connectivity index (χ0n) is 15.2. The maximum Gasteiger partial charge on any atom is 0.132 e. The third-order valence-corrected chi connectivity index (χ3v) is 4.90. The first-order chi connectivity index (χ1) is 11.8. The molecule has 0 saturated carbocycles. The summed E-state index contributed by atoms with van der Waals surface area (Å²) in [5.74, 6) is 1.82. The summed E-state index contributed by atoms with van der Waals surface area (Å²) < 4.78 is 0. The molecule has 25 heavy (non-hydrogen) atoms. The molecule has 136 valence electrons. The topological polar surface area (TPSA) is 31.4 Å². The van der Waals surface area contributed by atoms with E-state index < -0.39 is 0 Å². The summed E-state index contributed by atoms with van der Waals surface area (Å²) >= 11 is 0. The van der Waals surface area contributed by atoms with Gasteiger partial charge in [0.2, 0.25) is 0 Å². The van der Waals surface area contributed by atoms with Gasteiger partial charge in [0.05, 0.1) is 0 Å². The number of likely N-dealkylation sites (tertiary alicyclic amines) is 1. The van der Waals surface area contributed by atoms with Crippen molar-refractivity contribution in [1.29, 1.82) is 0 Å². The van der Waals surface area contributed by atoms with E-state index in [4.69, 9.17) is 0 Å². The summed E-state index contributed by atoms with van der Waals surface area (Å²) in [5, 5.41) is 3.30. The van der Waals surface area contributed by atoms with E-state index in [1.54, 1.807) is 0 Å². The molecular weight excluding hydrogens is 332 g/mol. The van der Waals surface area contributed by atoms with Crippen LogP contribution in [0.3, 0.4) is 0 Å². The van der Waals surface area contributed by atoms with Crippen molar-refractivity contribution in [3.05, 3.63) is 54.2 Å². The Morgan fingerprint density at radius 3 is 2.44 bits per heavy atom. The van der Waals surface area contributed by atoms with E-state index in [1.165, 1.54) is 31.5 Å². The molecule has 0 unspecified atom stereocenters. The smallest absolute Gasteiger partial charge is 0.132 e. The first-order valence-corrected chi connectivity index (χ1v) is 8.87. The van der Waals surface area contributed by atoms with Crippen molar-refractivity contribution in [3.8, 4) is 0 Å². The minimum Gasteiger partial charge on any atom is -0.329 e. The molecule has 0 spiro atoms. The van der Waals surface area contributed by atoms with Crippen LogP contribution in [0.4, 0.5) is 11.5 Å². The molecule has 1 aliphatic heterocycles. The third-order valence-electron chi connectivity index (χ3n) is 4.90. The van der Waals surface area contributed by atoms with Crippen molar-refractivity contribution in [2.45, 2.75) is 19.4 Å². The number of benzene rings is 1. The maximum absolute atomic E-state index is 4.65. The molecule has 5 heteroatoms. The molecule has 1 aromatic carbocycles. The minimum absolute atomic E-state index is 0. The van der Waals surface area contributed by atoms with E-state index in [0.717, 1.165) is 30.5 Å². The summed E-state index contributed by atoms with van der Waals surface area (Å²) in [6.07, 6.45) is 4.61. The number of nitrogens with zero attached hydrogens (tertiary/aromatic N) is 3. The zero-order valence-corrected chi connectivity index (χ0v) is 16.0. The lowest BCUT2D eigenvalue weighted by Gasteiger charge is -2.31. The second-order valence-electron chi connectivity index (χ2n) is 6.70. The maximum atomic E-state index is 4.65. The predicted molar refractivity (Wildman–Crippen MR) is 108 cm³/mol. The fourth-order valence-electron chi connectivity index (χ4n) is 3.39. The fourth-order valence-corrected chi connectivity index (χ4v) is 3.39. The third kappa shape index (κ3) is 5.43. The molecular formula is C20H29ClN4. The number of piperidine rings is 1. The van der Waals surface area contributed by atoms with Crippen molar-refractivity contribution in [2.75, 3.05) is 38.6 Å². The molecule has 1 aromatic heterocycles. The van der Waals surface area contributed by atoms with Crippen molar-refractivity contribution in [3.63, 3.8) is 0 Å². The number of anilines is 2. The van der Waals surface area contributed by atoms with Crippen LogP contribution >= 0.6 is 12.4 Å². The Balaban J connectivity index is 0.00000225. The number of halogens is 1.